The molecule has 138 valence electrons. The van der Waals surface area contributed by atoms with Gasteiger partial charge in [0.1, 0.15) is 6.04 Å². The minimum absolute atomic E-state index is 0.156. The minimum atomic E-state index is -0.764. The molecule has 0 bridgehead atoms. The van der Waals surface area contributed by atoms with E-state index in [0.29, 0.717) is 17.1 Å². The highest BCUT2D eigenvalue weighted by Crippen LogP contribution is 2.20. The van der Waals surface area contributed by atoms with Crippen molar-refractivity contribution >= 4 is 29.1 Å². The SMILES string of the molecule is Cc1cc(Cl)ccc1NC(=O)C(Cc1ccccc1)NC(=O)c1ccco1. The van der Waals surface area contributed by atoms with E-state index in [1.165, 1.54) is 6.26 Å². The lowest BCUT2D eigenvalue weighted by atomic mass is 10.0. The van der Waals surface area contributed by atoms with Crippen LogP contribution in [0.5, 0.6) is 0 Å². The van der Waals surface area contributed by atoms with Gasteiger partial charge in [0.2, 0.25) is 5.91 Å². The van der Waals surface area contributed by atoms with Gasteiger partial charge in [0.25, 0.3) is 5.91 Å². The molecule has 6 heteroatoms. The van der Waals surface area contributed by atoms with Crippen molar-refractivity contribution < 1.29 is 14.0 Å². The van der Waals surface area contributed by atoms with E-state index in [0.717, 1.165) is 11.1 Å². The molecule has 5 nitrogen and oxygen atoms in total. The fourth-order valence-electron chi connectivity index (χ4n) is 2.68. The number of carbonyl (C=O) groups excluding carboxylic acids is 2. The van der Waals surface area contributed by atoms with Gasteiger partial charge in [-0.15, -0.1) is 0 Å². The molecule has 27 heavy (non-hydrogen) atoms. The molecular formula is C21H19ClN2O3. The second kappa shape index (κ2) is 8.56. The van der Waals surface area contributed by atoms with Gasteiger partial charge in [-0.1, -0.05) is 41.9 Å². The Morgan fingerprint density at radius 3 is 2.52 bits per heavy atom. The van der Waals surface area contributed by atoms with Crippen LogP contribution in [0.25, 0.3) is 0 Å². The zero-order valence-electron chi connectivity index (χ0n) is 14.7. The molecule has 1 atom stereocenters. The molecule has 3 rings (SSSR count). The van der Waals surface area contributed by atoms with E-state index < -0.39 is 11.9 Å². The van der Waals surface area contributed by atoms with Crippen LogP contribution in [-0.4, -0.2) is 17.9 Å². The largest absolute Gasteiger partial charge is 0.459 e. The van der Waals surface area contributed by atoms with Crippen molar-refractivity contribution in [3.05, 3.63) is 88.8 Å². The summed E-state index contributed by atoms with van der Waals surface area (Å²) in [5, 5.41) is 6.21. The highest BCUT2D eigenvalue weighted by atomic mass is 35.5. The number of furan rings is 1. The van der Waals surface area contributed by atoms with Crippen LogP contribution in [0.3, 0.4) is 0 Å². The molecule has 0 saturated heterocycles. The van der Waals surface area contributed by atoms with Crippen molar-refractivity contribution in [3.8, 4) is 0 Å². The zero-order chi connectivity index (χ0) is 19.2. The van der Waals surface area contributed by atoms with E-state index in [-0.39, 0.29) is 11.7 Å². The molecule has 1 unspecified atom stereocenters. The molecule has 2 N–H and O–H groups in total. The van der Waals surface area contributed by atoms with Crippen molar-refractivity contribution in [1.29, 1.82) is 0 Å². The van der Waals surface area contributed by atoms with Crippen LogP contribution in [0.4, 0.5) is 5.69 Å². The molecule has 0 spiro atoms. The first-order valence-electron chi connectivity index (χ1n) is 8.48. The molecule has 0 aliphatic carbocycles. The average Bonchev–Trinajstić information content (AvgIpc) is 3.19. The highest BCUT2D eigenvalue weighted by molar-refractivity contribution is 6.30. The van der Waals surface area contributed by atoms with E-state index in [2.05, 4.69) is 10.6 Å². The maximum Gasteiger partial charge on any atom is 0.287 e. The predicted molar refractivity (Wildman–Crippen MR) is 105 cm³/mol. The number of carbonyl (C=O) groups is 2. The van der Waals surface area contributed by atoms with Crippen LogP contribution >= 0.6 is 11.6 Å². The standard InChI is InChI=1S/C21H19ClN2O3/c1-14-12-16(22)9-10-17(14)23-20(25)18(13-15-6-3-2-4-7-15)24-21(26)19-8-5-11-27-19/h2-12,18H,13H2,1H3,(H,23,25)(H,24,26). The number of halogens is 1. The first-order chi connectivity index (χ1) is 13.0. The first-order valence-corrected chi connectivity index (χ1v) is 8.86. The summed E-state index contributed by atoms with van der Waals surface area (Å²) >= 11 is 5.97. The Bertz CT molecular complexity index is 924. The molecule has 0 fully saturated rings. The second-order valence-electron chi connectivity index (χ2n) is 6.14. The molecule has 2 amide bonds. The normalized spacial score (nSPS) is 11.6. The second-order valence-corrected chi connectivity index (χ2v) is 6.58. The summed E-state index contributed by atoms with van der Waals surface area (Å²) in [6.07, 6.45) is 1.77. The molecule has 0 saturated carbocycles. The van der Waals surface area contributed by atoms with Gasteiger partial charge in [0, 0.05) is 17.1 Å². The molecule has 0 aliphatic heterocycles. The van der Waals surface area contributed by atoms with Gasteiger partial charge in [0.15, 0.2) is 5.76 Å². The Hall–Kier alpha value is -3.05. The predicted octanol–water partition coefficient (Wildman–Crippen LogP) is 4.22. The lowest BCUT2D eigenvalue weighted by Gasteiger charge is -2.19. The van der Waals surface area contributed by atoms with Crippen molar-refractivity contribution in [2.24, 2.45) is 0 Å². The Morgan fingerprint density at radius 1 is 1.07 bits per heavy atom. The van der Waals surface area contributed by atoms with Crippen LogP contribution in [0, 0.1) is 6.92 Å². The first kappa shape index (κ1) is 18.7. The molecule has 2 aromatic carbocycles. The Balaban J connectivity index is 1.79. The third-order valence-electron chi connectivity index (χ3n) is 4.10. The summed E-state index contributed by atoms with van der Waals surface area (Å²) in [5.41, 5.74) is 2.42. The van der Waals surface area contributed by atoms with E-state index in [4.69, 9.17) is 16.0 Å². The number of rotatable bonds is 6. The summed E-state index contributed by atoms with van der Waals surface area (Å²) < 4.78 is 5.12. The smallest absolute Gasteiger partial charge is 0.287 e. The maximum atomic E-state index is 12.9. The Labute approximate surface area is 162 Å². The van der Waals surface area contributed by atoms with Crippen molar-refractivity contribution in [3.63, 3.8) is 0 Å². The maximum absolute atomic E-state index is 12.9. The third-order valence-corrected chi connectivity index (χ3v) is 4.33. The number of anilines is 1. The summed E-state index contributed by atoms with van der Waals surface area (Å²) in [7, 11) is 0. The van der Waals surface area contributed by atoms with Gasteiger partial charge >= 0.3 is 0 Å². The summed E-state index contributed by atoms with van der Waals surface area (Å²) in [5.74, 6) is -0.600. The summed E-state index contributed by atoms with van der Waals surface area (Å²) in [6, 6.07) is 17.1. The number of nitrogens with one attached hydrogen (secondary N) is 2. The number of benzene rings is 2. The van der Waals surface area contributed by atoms with Crippen LogP contribution in [0.15, 0.2) is 71.3 Å². The van der Waals surface area contributed by atoms with Crippen LogP contribution in [0.2, 0.25) is 5.02 Å². The molecule has 0 aliphatic rings. The third kappa shape index (κ3) is 4.99. The topological polar surface area (TPSA) is 71.3 Å². The van der Waals surface area contributed by atoms with Gasteiger partial charge in [-0.05, 0) is 48.4 Å². The highest BCUT2D eigenvalue weighted by Gasteiger charge is 2.23. The summed E-state index contributed by atoms with van der Waals surface area (Å²) in [4.78, 5) is 25.2. The van der Waals surface area contributed by atoms with Crippen molar-refractivity contribution in [2.45, 2.75) is 19.4 Å². The van der Waals surface area contributed by atoms with Crippen LogP contribution in [-0.2, 0) is 11.2 Å². The zero-order valence-corrected chi connectivity index (χ0v) is 15.5. The monoisotopic (exact) mass is 382 g/mol. The lowest BCUT2D eigenvalue weighted by molar-refractivity contribution is -0.118. The molecule has 3 aromatic rings. The van der Waals surface area contributed by atoms with Gasteiger partial charge in [-0.2, -0.15) is 0 Å². The van der Waals surface area contributed by atoms with Crippen LogP contribution in [0.1, 0.15) is 21.7 Å². The number of aryl methyl sites for hydroxylation is 1. The van der Waals surface area contributed by atoms with Crippen LogP contribution < -0.4 is 10.6 Å². The fourth-order valence-corrected chi connectivity index (χ4v) is 2.91. The Morgan fingerprint density at radius 2 is 1.85 bits per heavy atom. The fraction of sp³-hybridized carbons (Fsp3) is 0.143. The molecule has 1 aromatic heterocycles. The minimum Gasteiger partial charge on any atom is -0.459 e. The van der Waals surface area contributed by atoms with Gasteiger partial charge in [-0.25, -0.2) is 0 Å². The van der Waals surface area contributed by atoms with Gasteiger partial charge in [0.05, 0.1) is 6.26 Å². The van der Waals surface area contributed by atoms with Gasteiger partial charge in [-0.3, -0.25) is 9.59 Å². The van der Waals surface area contributed by atoms with E-state index in [1.807, 2.05) is 37.3 Å². The van der Waals surface area contributed by atoms with E-state index in [9.17, 15) is 9.59 Å². The number of hydrogen-bond acceptors (Lipinski definition) is 3. The molecule has 0 radical (unpaired) electrons. The van der Waals surface area contributed by atoms with Crippen molar-refractivity contribution in [2.75, 3.05) is 5.32 Å². The van der Waals surface area contributed by atoms with E-state index in [1.54, 1.807) is 30.3 Å². The quantitative estimate of drug-likeness (QED) is 0.670. The summed E-state index contributed by atoms with van der Waals surface area (Å²) in [6.45, 7) is 1.86. The molecular weight excluding hydrogens is 364 g/mol. The molecule has 1 heterocycles. The lowest BCUT2D eigenvalue weighted by Crippen LogP contribution is -2.45. The number of amides is 2. The number of hydrogen-bond donors (Lipinski definition) is 2. The van der Waals surface area contributed by atoms with E-state index >= 15 is 0 Å². The average molecular weight is 383 g/mol. The Kier molecular flexibility index (Phi) is 5.94. The van der Waals surface area contributed by atoms with Gasteiger partial charge < -0.3 is 15.1 Å². The van der Waals surface area contributed by atoms with Crippen molar-refractivity contribution in [1.82, 2.24) is 5.32 Å².